The predicted molar refractivity (Wildman–Crippen MR) is 121 cm³/mol. The number of nitrogens with zero attached hydrogens (tertiary/aromatic N) is 2. The van der Waals surface area contributed by atoms with Crippen LogP contribution in [0.4, 0.5) is 0 Å². The van der Waals surface area contributed by atoms with Crippen LogP contribution in [0.3, 0.4) is 0 Å². The first kappa shape index (κ1) is 20.6. The molecule has 0 aliphatic heterocycles. The van der Waals surface area contributed by atoms with Gasteiger partial charge < -0.3 is 13.9 Å². The molecule has 0 spiro atoms. The van der Waals surface area contributed by atoms with Gasteiger partial charge >= 0.3 is 0 Å². The number of hydrogen-bond donors (Lipinski definition) is 0. The number of halogens is 1. The lowest BCUT2D eigenvalue weighted by atomic mass is 10.2. The van der Waals surface area contributed by atoms with Gasteiger partial charge in [-0.05, 0) is 51.8 Å². The molecule has 2 heterocycles. The number of thioether (sulfide) groups is 1. The maximum Gasteiger partial charge on any atom is 0.262 e. The highest BCUT2D eigenvalue weighted by atomic mass is 79.9. The van der Waals surface area contributed by atoms with Crippen molar-refractivity contribution in [3.63, 3.8) is 0 Å². The highest BCUT2D eigenvalue weighted by Crippen LogP contribution is 2.39. The SMILES string of the molecule is COc1ccc(CSc2nc3ccccc3c(=O)n2Cc2ccco2)c(Br)c1OC. The monoisotopic (exact) mass is 486 g/mol. The minimum absolute atomic E-state index is 0.0918. The van der Waals surface area contributed by atoms with Gasteiger partial charge in [-0.1, -0.05) is 30.0 Å². The highest BCUT2D eigenvalue weighted by Gasteiger charge is 2.16. The number of ether oxygens (including phenoxy) is 2. The van der Waals surface area contributed by atoms with Gasteiger partial charge in [-0.15, -0.1) is 0 Å². The fourth-order valence-corrected chi connectivity index (χ4v) is 4.95. The Bertz CT molecular complexity index is 1240. The summed E-state index contributed by atoms with van der Waals surface area (Å²) >= 11 is 5.09. The number of furan rings is 1. The molecule has 0 radical (unpaired) electrons. The van der Waals surface area contributed by atoms with Crippen LogP contribution in [0.5, 0.6) is 11.5 Å². The van der Waals surface area contributed by atoms with Crippen molar-refractivity contribution in [1.82, 2.24) is 9.55 Å². The molecule has 8 heteroatoms. The molecule has 0 amide bonds. The maximum absolute atomic E-state index is 13.2. The Hall–Kier alpha value is -2.71. The second kappa shape index (κ2) is 8.97. The molecule has 6 nitrogen and oxygen atoms in total. The fraction of sp³-hybridized carbons (Fsp3) is 0.182. The van der Waals surface area contributed by atoms with Gasteiger partial charge in [0, 0.05) is 5.75 Å². The van der Waals surface area contributed by atoms with Crippen LogP contribution in [-0.2, 0) is 12.3 Å². The zero-order valence-corrected chi connectivity index (χ0v) is 18.8. The molecule has 2 aromatic carbocycles. The molecule has 4 rings (SSSR count). The van der Waals surface area contributed by atoms with Gasteiger partial charge in [-0.25, -0.2) is 4.98 Å². The fourth-order valence-electron chi connectivity index (χ4n) is 3.14. The molecule has 2 aromatic heterocycles. The number of aromatic nitrogens is 2. The Morgan fingerprint density at radius 3 is 2.67 bits per heavy atom. The smallest absolute Gasteiger partial charge is 0.262 e. The van der Waals surface area contributed by atoms with Crippen molar-refractivity contribution < 1.29 is 13.9 Å². The largest absolute Gasteiger partial charge is 0.493 e. The zero-order chi connectivity index (χ0) is 21.1. The molecule has 0 aliphatic carbocycles. The van der Waals surface area contributed by atoms with Crippen LogP contribution in [-0.4, -0.2) is 23.8 Å². The Morgan fingerprint density at radius 2 is 1.93 bits per heavy atom. The van der Waals surface area contributed by atoms with Crippen LogP contribution in [0, 0.1) is 0 Å². The van der Waals surface area contributed by atoms with Gasteiger partial charge in [0.15, 0.2) is 16.7 Å². The molecular formula is C22H19BrN2O4S. The van der Waals surface area contributed by atoms with E-state index in [0.717, 1.165) is 10.0 Å². The summed E-state index contributed by atoms with van der Waals surface area (Å²) in [5, 5.41) is 1.21. The maximum atomic E-state index is 13.2. The quantitative estimate of drug-likeness (QED) is 0.267. The predicted octanol–water partition coefficient (Wildman–Crippen LogP) is 5.11. The van der Waals surface area contributed by atoms with Crippen molar-refractivity contribution in [2.24, 2.45) is 0 Å². The summed E-state index contributed by atoms with van der Waals surface area (Å²) in [5.41, 5.74) is 1.59. The van der Waals surface area contributed by atoms with E-state index in [4.69, 9.17) is 18.9 Å². The van der Waals surface area contributed by atoms with Crippen molar-refractivity contribution in [1.29, 1.82) is 0 Å². The van der Waals surface area contributed by atoms with Gasteiger partial charge in [-0.3, -0.25) is 9.36 Å². The highest BCUT2D eigenvalue weighted by molar-refractivity contribution is 9.10. The van der Waals surface area contributed by atoms with Crippen molar-refractivity contribution >= 4 is 38.6 Å². The van der Waals surface area contributed by atoms with Crippen molar-refractivity contribution in [2.45, 2.75) is 17.5 Å². The molecular weight excluding hydrogens is 468 g/mol. The van der Waals surface area contributed by atoms with E-state index in [1.165, 1.54) is 11.8 Å². The topological polar surface area (TPSA) is 66.5 Å². The van der Waals surface area contributed by atoms with E-state index >= 15 is 0 Å². The summed E-state index contributed by atoms with van der Waals surface area (Å²) in [5.74, 6) is 2.57. The lowest BCUT2D eigenvalue weighted by molar-refractivity contribution is 0.353. The van der Waals surface area contributed by atoms with E-state index in [1.54, 1.807) is 31.1 Å². The van der Waals surface area contributed by atoms with Gasteiger partial charge in [-0.2, -0.15) is 0 Å². The summed E-state index contributed by atoms with van der Waals surface area (Å²) in [4.78, 5) is 17.9. The zero-order valence-electron chi connectivity index (χ0n) is 16.4. The number of para-hydroxylation sites is 1. The number of methoxy groups -OCH3 is 2. The first-order valence-electron chi connectivity index (χ1n) is 9.16. The third-order valence-corrected chi connectivity index (χ3v) is 6.54. The molecule has 0 atom stereocenters. The second-order valence-corrected chi connectivity index (χ2v) is 8.18. The molecule has 0 bridgehead atoms. The molecule has 0 unspecified atom stereocenters. The summed E-state index contributed by atoms with van der Waals surface area (Å²) in [6.45, 7) is 0.319. The van der Waals surface area contributed by atoms with Crippen LogP contribution in [0.2, 0.25) is 0 Å². The van der Waals surface area contributed by atoms with Crippen LogP contribution in [0.1, 0.15) is 11.3 Å². The molecule has 30 heavy (non-hydrogen) atoms. The van der Waals surface area contributed by atoms with E-state index in [-0.39, 0.29) is 5.56 Å². The molecule has 0 fully saturated rings. The number of hydrogen-bond acceptors (Lipinski definition) is 6. The van der Waals surface area contributed by atoms with Gasteiger partial charge in [0.1, 0.15) is 5.76 Å². The Balaban J connectivity index is 1.72. The normalized spacial score (nSPS) is 11.0. The van der Waals surface area contributed by atoms with Crippen LogP contribution >= 0.6 is 27.7 Å². The molecule has 0 aliphatic rings. The van der Waals surface area contributed by atoms with E-state index in [0.29, 0.717) is 45.6 Å². The number of benzene rings is 2. The first-order valence-corrected chi connectivity index (χ1v) is 10.9. The molecule has 154 valence electrons. The summed E-state index contributed by atoms with van der Waals surface area (Å²) in [6, 6.07) is 14.9. The average Bonchev–Trinajstić information content (AvgIpc) is 3.28. The van der Waals surface area contributed by atoms with Crippen molar-refractivity contribution in [3.05, 3.63) is 80.9 Å². The van der Waals surface area contributed by atoms with Gasteiger partial charge in [0.05, 0.1) is 42.4 Å². The standard InChI is InChI=1S/C22H19BrN2O4S/c1-27-18-10-9-14(19(23)20(18)28-2)13-30-22-24-17-8-4-3-7-16(17)21(26)25(22)12-15-6-5-11-29-15/h3-11H,12-13H2,1-2H3. The van der Waals surface area contributed by atoms with Gasteiger partial charge in [0.2, 0.25) is 0 Å². The van der Waals surface area contributed by atoms with E-state index in [9.17, 15) is 4.79 Å². The lowest BCUT2D eigenvalue weighted by Crippen LogP contribution is -2.23. The molecule has 0 saturated carbocycles. The lowest BCUT2D eigenvalue weighted by Gasteiger charge is -2.15. The second-order valence-electron chi connectivity index (χ2n) is 6.45. The molecule has 0 saturated heterocycles. The van der Waals surface area contributed by atoms with Crippen LogP contribution in [0.15, 0.2) is 73.6 Å². The summed E-state index contributed by atoms with van der Waals surface area (Å²) in [7, 11) is 3.20. The molecule has 0 N–H and O–H groups in total. The Kier molecular flexibility index (Phi) is 6.15. The van der Waals surface area contributed by atoms with Crippen LogP contribution in [0.25, 0.3) is 10.9 Å². The first-order chi connectivity index (χ1) is 14.6. The van der Waals surface area contributed by atoms with Gasteiger partial charge in [0.25, 0.3) is 5.56 Å². The molecule has 4 aromatic rings. The minimum Gasteiger partial charge on any atom is -0.493 e. The Labute approximate surface area is 186 Å². The van der Waals surface area contributed by atoms with E-state index in [1.807, 2.05) is 42.5 Å². The average molecular weight is 487 g/mol. The van der Waals surface area contributed by atoms with Crippen molar-refractivity contribution in [3.8, 4) is 11.5 Å². The minimum atomic E-state index is -0.0918. The van der Waals surface area contributed by atoms with Crippen molar-refractivity contribution in [2.75, 3.05) is 14.2 Å². The van der Waals surface area contributed by atoms with E-state index < -0.39 is 0 Å². The Morgan fingerprint density at radius 1 is 1.10 bits per heavy atom. The third-order valence-electron chi connectivity index (χ3n) is 4.64. The van der Waals surface area contributed by atoms with Crippen LogP contribution < -0.4 is 15.0 Å². The van der Waals surface area contributed by atoms with E-state index in [2.05, 4.69) is 15.9 Å². The third kappa shape index (κ3) is 3.97. The summed E-state index contributed by atoms with van der Waals surface area (Å²) in [6.07, 6.45) is 1.60. The summed E-state index contributed by atoms with van der Waals surface area (Å²) < 4.78 is 18.7. The number of fused-ring (bicyclic) bond motifs is 1. The number of rotatable bonds is 7.